The fourth-order valence-corrected chi connectivity index (χ4v) is 7.37. The highest BCUT2D eigenvalue weighted by molar-refractivity contribution is 7.91. The van der Waals surface area contributed by atoms with E-state index in [0.717, 1.165) is 24.3 Å². The number of piperidine rings is 1. The molecule has 0 aliphatic carbocycles. The van der Waals surface area contributed by atoms with Gasteiger partial charge in [0.25, 0.3) is 5.91 Å². The minimum absolute atomic E-state index is 0.00514. The van der Waals surface area contributed by atoms with Gasteiger partial charge >= 0.3 is 0 Å². The lowest BCUT2D eigenvalue weighted by Gasteiger charge is -2.27. The summed E-state index contributed by atoms with van der Waals surface area (Å²) in [5, 5.41) is 7.96. The molecule has 4 rings (SSSR count). The zero-order chi connectivity index (χ0) is 22.9. The van der Waals surface area contributed by atoms with Gasteiger partial charge in [0, 0.05) is 31.6 Å². The van der Waals surface area contributed by atoms with Crippen molar-refractivity contribution in [1.82, 2.24) is 9.31 Å². The van der Waals surface area contributed by atoms with E-state index in [1.165, 1.54) is 28.6 Å². The maximum Gasteiger partial charge on any atom is 0.271 e. The molecule has 0 aromatic heterocycles. The Morgan fingerprint density at radius 1 is 1.06 bits per heavy atom. The lowest BCUT2D eigenvalue weighted by atomic mass is 10.1. The fraction of sp³-hybridized carbons (Fsp3) is 0.550. The molecule has 174 valence electrons. The molecule has 1 N–H and O–H groups in total. The molecule has 0 radical (unpaired) electrons. The molecular weight excluding hydrogens is 456 g/mol. The van der Waals surface area contributed by atoms with E-state index in [4.69, 9.17) is 0 Å². The second-order valence-corrected chi connectivity index (χ2v) is 12.5. The van der Waals surface area contributed by atoms with Crippen molar-refractivity contribution in [3.05, 3.63) is 24.3 Å². The lowest BCUT2D eigenvalue weighted by Crippen LogP contribution is -2.42. The number of nitrogens with zero attached hydrogens (tertiary/aromatic N) is 3. The molecule has 2 amide bonds. The van der Waals surface area contributed by atoms with Crippen LogP contribution in [0.25, 0.3) is 0 Å². The van der Waals surface area contributed by atoms with E-state index in [-0.39, 0.29) is 40.9 Å². The van der Waals surface area contributed by atoms with Gasteiger partial charge in [-0.25, -0.2) is 21.8 Å². The molecule has 2 saturated heterocycles. The summed E-state index contributed by atoms with van der Waals surface area (Å²) < 4.78 is 50.4. The van der Waals surface area contributed by atoms with Gasteiger partial charge in [-0.2, -0.15) is 9.41 Å². The molecular formula is C20H26N4O6S2. The van der Waals surface area contributed by atoms with Crippen LogP contribution in [-0.4, -0.2) is 74.3 Å². The number of rotatable bonds is 5. The topological polar surface area (TPSA) is 133 Å². The third-order valence-electron chi connectivity index (χ3n) is 5.94. The van der Waals surface area contributed by atoms with Crippen LogP contribution in [0.5, 0.6) is 0 Å². The molecule has 0 bridgehead atoms. The second kappa shape index (κ2) is 8.91. The molecule has 0 saturated carbocycles. The van der Waals surface area contributed by atoms with Gasteiger partial charge in [0.15, 0.2) is 9.84 Å². The summed E-state index contributed by atoms with van der Waals surface area (Å²) in [5.74, 6) is -0.944. The van der Waals surface area contributed by atoms with Crippen molar-refractivity contribution in [3.63, 3.8) is 0 Å². The zero-order valence-corrected chi connectivity index (χ0v) is 19.2. The van der Waals surface area contributed by atoms with E-state index >= 15 is 0 Å². The fourth-order valence-electron chi connectivity index (χ4n) is 4.16. The van der Waals surface area contributed by atoms with Gasteiger partial charge in [0.05, 0.1) is 22.4 Å². The molecule has 10 nitrogen and oxygen atoms in total. The molecule has 2 fully saturated rings. The van der Waals surface area contributed by atoms with Crippen molar-refractivity contribution < 1.29 is 26.4 Å². The summed E-state index contributed by atoms with van der Waals surface area (Å²) in [7, 11) is -6.75. The Balaban J connectivity index is 1.44. The predicted octanol–water partition coefficient (Wildman–Crippen LogP) is 0.965. The Morgan fingerprint density at radius 2 is 1.75 bits per heavy atom. The highest BCUT2D eigenvalue weighted by atomic mass is 32.2. The van der Waals surface area contributed by atoms with Crippen molar-refractivity contribution in [2.75, 3.05) is 29.9 Å². The Hall–Kier alpha value is -2.31. The summed E-state index contributed by atoms with van der Waals surface area (Å²) in [6.45, 7) is 1.02. The SMILES string of the molecule is O=C(Nc1ccc(S(=O)(=O)N2CCCCC2)cc1)C1=NN([C@@H]2CCS(=O)(=O)C2)C(=O)CC1. The predicted molar refractivity (Wildman–Crippen MR) is 118 cm³/mol. The number of hydrazone groups is 1. The Kier molecular flexibility index (Phi) is 6.37. The van der Waals surface area contributed by atoms with E-state index in [0.29, 0.717) is 25.2 Å². The lowest BCUT2D eigenvalue weighted by molar-refractivity contribution is -0.133. The minimum Gasteiger partial charge on any atom is -0.321 e. The Bertz CT molecular complexity index is 1140. The van der Waals surface area contributed by atoms with Crippen LogP contribution in [0, 0.1) is 0 Å². The highest BCUT2D eigenvalue weighted by Crippen LogP contribution is 2.24. The normalized spacial score (nSPS) is 24.2. The van der Waals surface area contributed by atoms with Crippen LogP contribution in [0.3, 0.4) is 0 Å². The van der Waals surface area contributed by atoms with Crippen molar-refractivity contribution >= 4 is 43.1 Å². The summed E-state index contributed by atoms with van der Waals surface area (Å²) in [6.07, 6.45) is 3.27. The molecule has 0 unspecified atom stereocenters. The summed E-state index contributed by atoms with van der Waals surface area (Å²) in [6, 6.07) is 5.41. The van der Waals surface area contributed by atoms with Gasteiger partial charge in [0.2, 0.25) is 15.9 Å². The number of anilines is 1. The van der Waals surface area contributed by atoms with Gasteiger partial charge < -0.3 is 5.32 Å². The van der Waals surface area contributed by atoms with E-state index in [1.54, 1.807) is 0 Å². The van der Waals surface area contributed by atoms with Crippen LogP contribution in [0.15, 0.2) is 34.3 Å². The van der Waals surface area contributed by atoms with Crippen LogP contribution in [-0.2, 0) is 29.4 Å². The number of nitrogens with one attached hydrogen (secondary N) is 1. The third-order valence-corrected chi connectivity index (χ3v) is 9.60. The van der Waals surface area contributed by atoms with Crippen molar-refractivity contribution in [3.8, 4) is 0 Å². The second-order valence-electron chi connectivity index (χ2n) is 8.29. The maximum absolute atomic E-state index is 12.7. The zero-order valence-electron chi connectivity index (χ0n) is 17.6. The number of sulfone groups is 1. The monoisotopic (exact) mass is 482 g/mol. The Morgan fingerprint density at radius 3 is 2.38 bits per heavy atom. The summed E-state index contributed by atoms with van der Waals surface area (Å²) in [4.78, 5) is 25.1. The molecule has 3 aliphatic heterocycles. The van der Waals surface area contributed by atoms with Crippen LogP contribution in [0.1, 0.15) is 38.5 Å². The summed E-state index contributed by atoms with van der Waals surface area (Å²) in [5.41, 5.74) is 0.543. The largest absolute Gasteiger partial charge is 0.321 e. The van der Waals surface area contributed by atoms with E-state index in [2.05, 4.69) is 10.4 Å². The van der Waals surface area contributed by atoms with Crippen molar-refractivity contribution in [2.24, 2.45) is 5.10 Å². The molecule has 1 aromatic rings. The highest BCUT2D eigenvalue weighted by Gasteiger charge is 2.37. The molecule has 32 heavy (non-hydrogen) atoms. The number of carbonyl (C=O) groups excluding carboxylic acids is 2. The average molecular weight is 483 g/mol. The third kappa shape index (κ3) is 4.86. The quantitative estimate of drug-likeness (QED) is 0.665. The average Bonchev–Trinajstić information content (AvgIpc) is 3.14. The Labute approximate surface area is 187 Å². The first-order valence-electron chi connectivity index (χ1n) is 10.7. The molecule has 1 aromatic carbocycles. The van der Waals surface area contributed by atoms with Crippen molar-refractivity contribution in [1.29, 1.82) is 0 Å². The number of benzene rings is 1. The molecule has 3 aliphatic rings. The van der Waals surface area contributed by atoms with Gasteiger partial charge in [-0.05, 0) is 43.5 Å². The number of hydrogen-bond donors (Lipinski definition) is 1. The summed E-state index contributed by atoms with van der Waals surface area (Å²) >= 11 is 0. The van der Waals surface area contributed by atoms with Gasteiger partial charge in [0.1, 0.15) is 5.71 Å². The van der Waals surface area contributed by atoms with Crippen LogP contribution < -0.4 is 5.32 Å². The van der Waals surface area contributed by atoms with E-state index < -0.39 is 31.8 Å². The number of amides is 2. The molecule has 3 heterocycles. The van der Waals surface area contributed by atoms with Crippen LogP contribution >= 0.6 is 0 Å². The van der Waals surface area contributed by atoms with Crippen LogP contribution in [0.4, 0.5) is 5.69 Å². The first-order chi connectivity index (χ1) is 15.2. The molecule has 12 heteroatoms. The molecule has 0 spiro atoms. The van der Waals surface area contributed by atoms with E-state index in [1.807, 2.05) is 0 Å². The standard InChI is InChI=1S/C20H26N4O6S2/c25-19-9-8-18(22-24(19)16-10-13-31(27,28)14-16)20(26)21-15-4-6-17(7-5-15)32(29,30)23-11-2-1-3-12-23/h4-7,16H,1-3,8-14H2,(H,21,26)/t16-/m1/s1. The van der Waals surface area contributed by atoms with Gasteiger partial charge in [-0.3, -0.25) is 9.59 Å². The number of hydrogen-bond acceptors (Lipinski definition) is 7. The molecule has 1 atom stereocenters. The maximum atomic E-state index is 12.7. The first kappa shape index (κ1) is 22.9. The minimum atomic E-state index is -3.56. The van der Waals surface area contributed by atoms with Gasteiger partial charge in [-0.1, -0.05) is 6.42 Å². The van der Waals surface area contributed by atoms with Crippen molar-refractivity contribution in [2.45, 2.75) is 49.5 Å². The smallest absolute Gasteiger partial charge is 0.271 e. The number of sulfonamides is 1. The van der Waals surface area contributed by atoms with E-state index in [9.17, 15) is 26.4 Å². The van der Waals surface area contributed by atoms with Gasteiger partial charge in [-0.15, -0.1) is 0 Å². The van der Waals surface area contributed by atoms with Crippen LogP contribution in [0.2, 0.25) is 0 Å². The number of carbonyl (C=O) groups is 2. The first-order valence-corrected chi connectivity index (χ1v) is 13.9.